The van der Waals surface area contributed by atoms with E-state index in [2.05, 4.69) is 46.7 Å². The number of carbonyl (C=O) groups is 3. The minimum absolute atomic E-state index is 0.189. The summed E-state index contributed by atoms with van der Waals surface area (Å²) in [5.41, 5.74) is 2.55. The molecule has 0 bridgehead atoms. The number of anilines is 1. The minimum Gasteiger partial charge on any atom is -0.373 e. The van der Waals surface area contributed by atoms with Crippen molar-refractivity contribution in [3.8, 4) is 0 Å². The van der Waals surface area contributed by atoms with E-state index in [1.54, 1.807) is 0 Å². The molecule has 1 heterocycles. The van der Waals surface area contributed by atoms with E-state index >= 15 is 0 Å². The average Bonchev–Trinajstić information content (AvgIpc) is 3.04. The fourth-order valence-corrected chi connectivity index (χ4v) is 5.03. The number of hydrogen-bond acceptors (Lipinski definition) is 4. The zero-order valence-corrected chi connectivity index (χ0v) is 20.0. The van der Waals surface area contributed by atoms with Crippen LogP contribution in [0.3, 0.4) is 0 Å². The molecule has 7 nitrogen and oxygen atoms in total. The van der Waals surface area contributed by atoms with Crippen LogP contribution >= 0.6 is 0 Å². The highest BCUT2D eigenvalue weighted by Gasteiger charge is 2.51. The van der Waals surface area contributed by atoms with Crippen LogP contribution in [0.5, 0.6) is 0 Å². The Morgan fingerprint density at radius 3 is 2.41 bits per heavy atom. The first kappa shape index (κ1) is 23.8. The second kappa shape index (κ2) is 10.3. The lowest BCUT2D eigenvalue weighted by Gasteiger charge is -2.30. The summed E-state index contributed by atoms with van der Waals surface area (Å²) in [7, 11) is 2.00. The third-order valence-electron chi connectivity index (χ3n) is 6.91. The Bertz CT molecular complexity index is 1020. The molecule has 2 N–H and O–H groups in total. The summed E-state index contributed by atoms with van der Waals surface area (Å²) in [5, 5.41) is 5.96. The Morgan fingerprint density at radius 2 is 1.74 bits per heavy atom. The van der Waals surface area contributed by atoms with Crippen molar-refractivity contribution < 1.29 is 14.4 Å². The van der Waals surface area contributed by atoms with Gasteiger partial charge in [0.2, 0.25) is 5.91 Å². The molecule has 1 aliphatic heterocycles. The van der Waals surface area contributed by atoms with Crippen molar-refractivity contribution in [1.29, 1.82) is 0 Å². The Morgan fingerprint density at radius 1 is 1.06 bits per heavy atom. The number of imide groups is 1. The molecule has 2 aromatic carbocycles. The van der Waals surface area contributed by atoms with Gasteiger partial charge in [0.1, 0.15) is 12.1 Å². The smallest absolute Gasteiger partial charge is 0.325 e. The van der Waals surface area contributed by atoms with Gasteiger partial charge >= 0.3 is 6.03 Å². The van der Waals surface area contributed by atoms with Crippen LogP contribution in [0.15, 0.2) is 54.6 Å². The number of urea groups is 1. The molecule has 1 saturated carbocycles. The number of likely N-dealkylation sites (N-methyl/N-ethyl adjacent to an activating group) is 1. The summed E-state index contributed by atoms with van der Waals surface area (Å²) in [5.74, 6) is -0.585. The molecule has 7 heteroatoms. The maximum atomic E-state index is 13.0. The highest BCUT2D eigenvalue weighted by Crippen LogP contribution is 2.33. The number of nitrogens with one attached hydrogen (secondary N) is 2. The molecule has 1 atom stereocenters. The first-order chi connectivity index (χ1) is 16.4. The van der Waals surface area contributed by atoms with Gasteiger partial charge in [-0.2, -0.15) is 0 Å². The van der Waals surface area contributed by atoms with Crippen molar-refractivity contribution in [3.05, 3.63) is 65.7 Å². The van der Waals surface area contributed by atoms with Crippen molar-refractivity contribution >= 4 is 23.5 Å². The molecule has 0 unspecified atom stereocenters. The van der Waals surface area contributed by atoms with Crippen molar-refractivity contribution in [3.63, 3.8) is 0 Å². The van der Waals surface area contributed by atoms with Gasteiger partial charge in [-0.3, -0.25) is 14.5 Å². The van der Waals surface area contributed by atoms with Gasteiger partial charge in [-0.05, 0) is 43.9 Å². The maximum absolute atomic E-state index is 13.0. The number of nitrogens with zero attached hydrogens (tertiary/aromatic N) is 2. The normalized spacial score (nSPS) is 18.0. The van der Waals surface area contributed by atoms with E-state index in [1.165, 1.54) is 5.56 Å². The van der Waals surface area contributed by atoms with E-state index < -0.39 is 11.6 Å². The molecule has 1 aliphatic carbocycles. The van der Waals surface area contributed by atoms with E-state index in [0.717, 1.165) is 35.4 Å². The zero-order chi connectivity index (χ0) is 24.1. The maximum Gasteiger partial charge on any atom is 0.325 e. The second-order valence-corrected chi connectivity index (χ2v) is 9.63. The third-order valence-corrected chi connectivity index (χ3v) is 6.91. The van der Waals surface area contributed by atoms with E-state index in [-0.39, 0.29) is 24.4 Å². The minimum atomic E-state index is -0.815. The fourth-order valence-electron chi connectivity index (χ4n) is 5.03. The quantitative estimate of drug-likeness (QED) is 0.589. The number of rotatable bonds is 8. The molecule has 34 heavy (non-hydrogen) atoms. The summed E-state index contributed by atoms with van der Waals surface area (Å²) in [6.45, 7) is 2.38. The summed E-state index contributed by atoms with van der Waals surface area (Å²) in [6, 6.07) is 17.6. The summed E-state index contributed by atoms with van der Waals surface area (Å²) in [4.78, 5) is 41.8. The number of carbonyl (C=O) groups excluding carboxylic acids is 3. The molecule has 4 amide bonds. The molecule has 1 spiro atoms. The lowest BCUT2D eigenvalue weighted by atomic mass is 9.82. The molecule has 2 aromatic rings. The van der Waals surface area contributed by atoms with Gasteiger partial charge in [0.25, 0.3) is 5.91 Å². The van der Waals surface area contributed by atoms with Gasteiger partial charge < -0.3 is 15.5 Å². The zero-order valence-electron chi connectivity index (χ0n) is 20.0. The van der Waals surface area contributed by atoms with Gasteiger partial charge in [0.15, 0.2) is 0 Å². The summed E-state index contributed by atoms with van der Waals surface area (Å²) in [6.07, 6.45) is 4.84. The van der Waals surface area contributed by atoms with Crippen LogP contribution < -0.4 is 15.5 Å². The van der Waals surface area contributed by atoms with Crippen molar-refractivity contribution in [1.82, 2.24) is 15.5 Å². The molecule has 0 aromatic heterocycles. The van der Waals surface area contributed by atoms with E-state index in [1.807, 2.05) is 37.4 Å². The fraction of sp³-hybridized carbons (Fsp3) is 0.444. The SMILES string of the molecule is Cc1ccc(N(C)C[C@H](Cc2ccccc2)NC(=O)CN2C(=O)NC3(CCCCC3)C2=O)cc1. The topological polar surface area (TPSA) is 81.8 Å². The van der Waals surface area contributed by atoms with Gasteiger partial charge in [-0.1, -0.05) is 67.3 Å². The average molecular weight is 463 g/mol. The van der Waals surface area contributed by atoms with Crippen LogP contribution in [0.25, 0.3) is 0 Å². The molecule has 4 rings (SSSR count). The molecule has 2 aliphatic rings. The lowest BCUT2D eigenvalue weighted by Crippen LogP contribution is -2.50. The summed E-state index contributed by atoms with van der Waals surface area (Å²) < 4.78 is 0. The Balaban J connectivity index is 1.43. The van der Waals surface area contributed by atoms with Crippen molar-refractivity contribution in [2.24, 2.45) is 0 Å². The largest absolute Gasteiger partial charge is 0.373 e. The van der Waals surface area contributed by atoms with Gasteiger partial charge in [0, 0.05) is 19.3 Å². The Hall–Kier alpha value is -3.35. The molecule has 180 valence electrons. The first-order valence-electron chi connectivity index (χ1n) is 12.1. The second-order valence-electron chi connectivity index (χ2n) is 9.63. The van der Waals surface area contributed by atoms with E-state index in [9.17, 15) is 14.4 Å². The number of hydrogen-bond donors (Lipinski definition) is 2. The van der Waals surface area contributed by atoms with Crippen LogP contribution in [-0.2, 0) is 16.0 Å². The van der Waals surface area contributed by atoms with Crippen LogP contribution in [-0.4, -0.2) is 54.5 Å². The highest BCUT2D eigenvalue weighted by atomic mass is 16.2. The Kier molecular flexibility index (Phi) is 7.20. The monoisotopic (exact) mass is 462 g/mol. The number of benzene rings is 2. The summed E-state index contributed by atoms with van der Waals surface area (Å²) >= 11 is 0. The van der Waals surface area contributed by atoms with Crippen LogP contribution in [0.2, 0.25) is 0 Å². The van der Waals surface area contributed by atoms with Crippen molar-refractivity contribution in [2.75, 3.05) is 25.0 Å². The van der Waals surface area contributed by atoms with Crippen molar-refractivity contribution in [2.45, 2.75) is 57.0 Å². The van der Waals surface area contributed by atoms with Gasteiger partial charge in [-0.15, -0.1) is 0 Å². The molecule has 0 radical (unpaired) electrons. The van der Waals surface area contributed by atoms with Gasteiger partial charge in [-0.25, -0.2) is 4.79 Å². The first-order valence-corrected chi connectivity index (χ1v) is 12.1. The predicted molar refractivity (Wildman–Crippen MR) is 133 cm³/mol. The van der Waals surface area contributed by atoms with Crippen LogP contribution in [0.1, 0.15) is 43.2 Å². The predicted octanol–water partition coefficient (Wildman–Crippen LogP) is 3.41. The van der Waals surface area contributed by atoms with Gasteiger partial charge in [0.05, 0.1) is 6.04 Å². The Labute approximate surface area is 201 Å². The number of amides is 4. The van der Waals surface area contributed by atoms with E-state index in [0.29, 0.717) is 25.8 Å². The van der Waals surface area contributed by atoms with Crippen LogP contribution in [0, 0.1) is 6.92 Å². The molecular weight excluding hydrogens is 428 g/mol. The molecule has 1 saturated heterocycles. The third kappa shape index (κ3) is 5.41. The standard InChI is InChI=1S/C27H34N4O3/c1-20-11-13-23(14-12-20)30(2)18-22(17-21-9-5-3-6-10-21)28-24(32)19-31-25(33)27(29-26(31)34)15-7-4-8-16-27/h3,5-6,9-14,22H,4,7-8,15-19H2,1-2H3,(H,28,32)(H,29,34)/t22-/m0/s1. The van der Waals surface area contributed by atoms with Crippen LogP contribution in [0.4, 0.5) is 10.5 Å². The van der Waals surface area contributed by atoms with E-state index in [4.69, 9.17) is 0 Å². The highest BCUT2D eigenvalue weighted by molar-refractivity contribution is 6.09. The lowest BCUT2D eigenvalue weighted by molar-refractivity contribution is -0.136. The molecular formula is C27H34N4O3. The molecule has 2 fully saturated rings. The number of aryl methyl sites for hydroxylation is 1.